The summed E-state index contributed by atoms with van der Waals surface area (Å²) in [6.07, 6.45) is 0. The van der Waals surface area contributed by atoms with Gasteiger partial charge in [0.05, 0.1) is 17.2 Å². The van der Waals surface area contributed by atoms with E-state index in [2.05, 4.69) is 21.2 Å². The molecule has 0 aliphatic carbocycles. The molecule has 2 N–H and O–H groups in total. The minimum Gasteiger partial charge on any atom is -0.478 e. The van der Waals surface area contributed by atoms with Crippen LogP contribution in [0, 0.1) is 11.3 Å². The Morgan fingerprint density at radius 1 is 1.16 bits per heavy atom. The SMILES string of the molecule is N#Cc1ccc(Nc2ccc(Br)c(C(=O)O)c2)cc1. The van der Waals surface area contributed by atoms with Crippen molar-refractivity contribution in [1.29, 1.82) is 5.26 Å². The maximum absolute atomic E-state index is 11.0. The minimum atomic E-state index is -0.990. The van der Waals surface area contributed by atoms with Crippen molar-refractivity contribution in [1.82, 2.24) is 0 Å². The molecule has 0 saturated heterocycles. The van der Waals surface area contributed by atoms with Crippen molar-refractivity contribution in [3.8, 4) is 6.07 Å². The standard InChI is InChI=1S/C14H9BrN2O2/c15-13-6-5-11(7-12(13)14(18)19)17-10-3-1-9(8-16)2-4-10/h1-7,17H,(H,18,19). The second-order valence-corrected chi connectivity index (χ2v) is 4.67. The van der Waals surface area contributed by atoms with Crippen LogP contribution in [0.1, 0.15) is 15.9 Å². The molecule has 0 aliphatic heterocycles. The van der Waals surface area contributed by atoms with Gasteiger partial charge in [-0.05, 0) is 58.4 Å². The van der Waals surface area contributed by atoms with Gasteiger partial charge in [-0.2, -0.15) is 5.26 Å². The van der Waals surface area contributed by atoms with Gasteiger partial charge in [0, 0.05) is 15.8 Å². The number of carboxylic acids is 1. The van der Waals surface area contributed by atoms with Gasteiger partial charge >= 0.3 is 5.97 Å². The van der Waals surface area contributed by atoms with Crippen molar-refractivity contribution in [2.24, 2.45) is 0 Å². The number of halogens is 1. The molecule has 0 fully saturated rings. The summed E-state index contributed by atoms with van der Waals surface area (Å²) in [7, 11) is 0. The number of hydrogen-bond donors (Lipinski definition) is 2. The Morgan fingerprint density at radius 2 is 1.79 bits per heavy atom. The first-order chi connectivity index (χ1) is 9.10. The van der Waals surface area contributed by atoms with Crippen LogP contribution in [0.15, 0.2) is 46.9 Å². The van der Waals surface area contributed by atoms with Crippen molar-refractivity contribution in [3.05, 3.63) is 58.1 Å². The third-order valence-electron chi connectivity index (χ3n) is 2.50. The van der Waals surface area contributed by atoms with Crippen LogP contribution in [-0.4, -0.2) is 11.1 Å². The molecule has 94 valence electrons. The highest BCUT2D eigenvalue weighted by molar-refractivity contribution is 9.10. The number of hydrogen-bond acceptors (Lipinski definition) is 3. The zero-order valence-corrected chi connectivity index (χ0v) is 11.3. The van der Waals surface area contributed by atoms with E-state index in [4.69, 9.17) is 10.4 Å². The van der Waals surface area contributed by atoms with E-state index in [9.17, 15) is 4.79 Å². The maximum atomic E-state index is 11.0. The van der Waals surface area contributed by atoms with E-state index in [-0.39, 0.29) is 5.56 Å². The topological polar surface area (TPSA) is 73.1 Å². The average molecular weight is 317 g/mol. The van der Waals surface area contributed by atoms with Gasteiger partial charge in [-0.15, -0.1) is 0 Å². The third-order valence-corrected chi connectivity index (χ3v) is 3.19. The Labute approximate surface area is 118 Å². The normalized spacial score (nSPS) is 9.68. The summed E-state index contributed by atoms with van der Waals surface area (Å²) in [5, 5.41) is 20.8. The zero-order chi connectivity index (χ0) is 13.8. The highest BCUT2D eigenvalue weighted by atomic mass is 79.9. The number of nitriles is 1. The van der Waals surface area contributed by atoms with Crippen LogP contribution < -0.4 is 5.32 Å². The number of rotatable bonds is 3. The number of benzene rings is 2. The summed E-state index contributed by atoms with van der Waals surface area (Å²) >= 11 is 3.19. The fourth-order valence-corrected chi connectivity index (χ4v) is 1.98. The summed E-state index contributed by atoms with van der Waals surface area (Å²) in [5.74, 6) is -0.990. The molecule has 0 amide bonds. The second kappa shape index (κ2) is 5.55. The summed E-state index contributed by atoms with van der Waals surface area (Å²) in [6.45, 7) is 0. The Hall–Kier alpha value is -2.32. The molecule has 0 saturated carbocycles. The number of aromatic carboxylic acids is 1. The summed E-state index contributed by atoms with van der Waals surface area (Å²) in [5.41, 5.74) is 2.23. The molecule has 0 spiro atoms. The van der Waals surface area contributed by atoms with E-state index in [1.165, 1.54) is 0 Å². The molecule has 0 unspecified atom stereocenters. The molecule has 2 rings (SSSR count). The van der Waals surface area contributed by atoms with Crippen LogP contribution in [-0.2, 0) is 0 Å². The number of nitrogens with one attached hydrogen (secondary N) is 1. The molecule has 0 aromatic heterocycles. The fraction of sp³-hybridized carbons (Fsp3) is 0. The van der Waals surface area contributed by atoms with Gasteiger partial charge in [-0.3, -0.25) is 0 Å². The maximum Gasteiger partial charge on any atom is 0.336 e. The molecule has 4 nitrogen and oxygen atoms in total. The third kappa shape index (κ3) is 3.12. The fourth-order valence-electron chi connectivity index (χ4n) is 1.56. The Balaban J connectivity index is 2.25. The smallest absolute Gasteiger partial charge is 0.336 e. The quantitative estimate of drug-likeness (QED) is 0.904. The van der Waals surface area contributed by atoms with Crippen LogP contribution in [0.3, 0.4) is 0 Å². The molecular formula is C14H9BrN2O2. The first-order valence-corrected chi connectivity index (χ1v) is 6.19. The Bertz CT molecular complexity index is 660. The van der Waals surface area contributed by atoms with Gasteiger partial charge in [0.2, 0.25) is 0 Å². The lowest BCUT2D eigenvalue weighted by Gasteiger charge is -2.08. The lowest BCUT2D eigenvalue weighted by molar-refractivity contribution is 0.0696. The van der Waals surface area contributed by atoms with E-state index in [0.29, 0.717) is 15.7 Å². The van der Waals surface area contributed by atoms with E-state index >= 15 is 0 Å². The van der Waals surface area contributed by atoms with Gasteiger partial charge in [0.15, 0.2) is 0 Å². The summed E-state index contributed by atoms with van der Waals surface area (Å²) in [6, 6.07) is 14.0. The molecule has 0 aliphatic rings. The molecule has 5 heteroatoms. The van der Waals surface area contributed by atoms with Crippen LogP contribution >= 0.6 is 15.9 Å². The summed E-state index contributed by atoms with van der Waals surface area (Å²) in [4.78, 5) is 11.0. The molecule has 0 radical (unpaired) electrons. The Kier molecular flexibility index (Phi) is 3.83. The lowest BCUT2D eigenvalue weighted by Crippen LogP contribution is -1.99. The molecule has 19 heavy (non-hydrogen) atoms. The minimum absolute atomic E-state index is 0.193. The predicted molar refractivity (Wildman–Crippen MR) is 75.5 cm³/mol. The van der Waals surface area contributed by atoms with E-state index < -0.39 is 5.97 Å². The van der Waals surface area contributed by atoms with E-state index in [1.807, 2.05) is 6.07 Å². The van der Waals surface area contributed by atoms with Crippen molar-refractivity contribution in [2.45, 2.75) is 0 Å². The van der Waals surface area contributed by atoms with Crippen molar-refractivity contribution in [3.63, 3.8) is 0 Å². The molecule has 2 aromatic carbocycles. The second-order valence-electron chi connectivity index (χ2n) is 3.81. The van der Waals surface area contributed by atoms with Crippen molar-refractivity contribution < 1.29 is 9.90 Å². The highest BCUT2D eigenvalue weighted by Gasteiger charge is 2.08. The van der Waals surface area contributed by atoms with Crippen molar-refractivity contribution >= 4 is 33.3 Å². The number of carbonyl (C=O) groups is 1. The van der Waals surface area contributed by atoms with E-state index in [1.54, 1.807) is 42.5 Å². The number of carboxylic acid groups (broad SMARTS) is 1. The molecular weight excluding hydrogens is 308 g/mol. The van der Waals surface area contributed by atoms with Gasteiger partial charge in [-0.25, -0.2) is 4.79 Å². The van der Waals surface area contributed by atoms with Crippen molar-refractivity contribution in [2.75, 3.05) is 5.32 Å². The molecule has 2 aromatic rings. The monoisotopic (exact) mass is 316 g/mol. The first-order valence-electron chi connectivity index (χ1n) is 5.40. The number of nitrogens with zero attached hydrogens (tertiary/aromatic N) is 1. The highest BCUT2D eigenvalue weighted by Crippen LogP contribution is 2.24. The van der Waals surface area contributed by atoms with Gasteiger partial charge in [0.25, 0.3) is 0 Å². The van der Waals surface area contributed by atoms with Crippen LogP contribution in [0.25, 0.3) is 0 Å². The number of anilines is 2. The van der Waals surface area contributed by atoms with Gasteiger partial charge in [-0.1, -0.05) is 0 Å². The van der Waals surface area contributed by atoms with Crippen LogP contribution in [0.5, 0.6) is 0 Å². The van der Waals surface area contributed by atoms with Crippen LogP contribution in [0.4, 0.5) is 11.4 Å². The Morgan fingerprint density at radius 3 is 2.37 bits per heavy atom. The lowest BCUT2D eigenvalue weighted by atomic mass is 10.2. The zero-order valence-electron chi connectivity index (χ0n) is 9.72. The largest absolute Gasteiger partial charge is 0.478 e. The van der Waals surface area contributed by atoms with E-state index in [0.717, 1.165) is 5.69 Å². The summed E-state index contributed by atoms with van der Waals surface area (Å²) < 4.78 is 0.533. The average Bonchev–Trinajstić information content (AvgIpc) is 2.41. The molecule has 0 atom stereocenters. The van der Waals surface area contributed by atoms with Crippen LogP contribution in [0.2, 0.25) is 0 Å². The van der Waals surface area contributed by atoms with Gasteiger partial charge in [0.1, 0.15) is 0 Å². The first kappa shape index (κ1) is 13.1. The predicted octanol–water partition coefficient (Wildman–Crippen LogP) is 3.76. The van der Waals surface area contributed by atoms with Gasteiger partial charge < -0.3 is 10.4 Å². The molecule has 0 heterocycles. The molecule has 0 bridgehead atoms.